The third kappa shape index (κ3) is 3.53. The van der Waals surface area contributed by atoms with Gasteiger partial charge in [0.05, 0.1) is 11.9 Å². The van der Waals surface area contributed by atoms with Crippen molar-refractivity contribution < 1.29 is 23.5 Å². The molecular formula is C26H22FN5O4. The first-order chi connectivity index (χ1) is 17.4. The van der Waals surface area contributed by atoms with Crippen LogP contribution in [0.25, 0.3) is 0 Å². The highest BCUT2D eigenvalue weighted by Gasteiger charge is 2.57. The van der Waals surface area contributed by atoms with E-state index in [1.807, 2.05) is 18.2 Å². The van der Waals surface area contributed by atoms with Crippen LogP contribution in [0.15, 0.2) is 60.8 Å². The summed E-state index contributed by atoms with van der Waals surface area (Å²) in [5.74, 6) is -0.505. The number of hydrogen-bond donors (Lipinski definition) is 2. The number of imide groups is 2. The fourth-order valence-electron chi connectivity index (χ4n) is 5.23. The molecule has 2 aromatic carbocycles. The molecule has 2 N–H and O–H groups in total. The van der Waals surface area contributed by atoms with E-state index in [0.717, 1.165) is 29.9 Å². The molecular weight excluding hydrogens is 465 g/mol. The van der Waals surface area contributed by atoms with Crippen molar-refractivity contribution >= 4 is 34.9 Å². The van der Waals surface area contributed by atoms with Gasteiger partial charge in [-0.2, -0.15) is 0 Å². The number of hydrogen-bond acceptors (Lipinski definition) is 7. The van der Waals surface area contributed by atoms with E-state index >= 15 is 0 Å². The number of fused-ring (bicyclic) bond motifs is 1. The van der Waals surface area contributed by atoms with Crippen molar-refractivity contribution in [3.63, 3.8) is 0 Å². The maximum atomic E-state index is 13.3. The van der Waals surface area contributed by atoms with E-state index in [4.69, 9.17) is 4.74 Å². The summed E-state index contributed by atoms with van der Waals surface area (Å²) in [6, 6.07) is 14.9. The van der Waals surface area contributed by atoms with E-state index in [1.165, 1.54) is 12.1 Å². The lowest BCUT2D eigenvalue weighted by molar-refractivity contribution is -0.137. The molecule has 10 heteroatoms. The van der Waals surface area contributed by atoms with Crippen molar-refractivity contribution in [3.8, 4) is 11.6 Å². The molecule has 4 amide bonds. The number of carbonyl (C=O) groups is 3. The summed E-state index contributed by atoms with van der Waals surface area (Å²) >= 11 is 0. The molecule has 1 aromatic heterocycles. The Kier molecular flexibility index (Phi) is 5.10. The lowest BCUT2D eigenvalue weighted by atomic mass is 9.92. The lowest BCUT2D eigenvalue weighted by Gasteiger charge is -2.38. The van der Waals surface area contributed by atoms with E-state index in [0.29, 0.717) is 36.7 Å². The summed E-state index contributed by atoms with van der Waals surface area (Å²) in [6.07, 6.45) is 3.32. The second-order valence-corrected chi connectivity index (χ2v) is 8.98. The summed E-state index contributed by atoms with van der Waals surface area (Å²) in [5, 5.41) is 4.41. The maximum Gasteiger partial charge on any atom is 0.328 e. The number of halogens is 1. The molecule has 36 heavy (non-hydrogen) atoms. The van der Waals surface area contributed by atoms with Crippen LogP contribution in [0.1, 0.15) is 18.4 Å². The molecule has 0 radical (unpaired) electrons. The number of nitrogens with zero attached hydrogens (tertiary/aromatic N) is 3. The lowest BCUT2D eigenvalue weighted by Crippen LogP contribution is -2.71. The number of rotatable bonds is 4. The molecule has 6 rings (SSSR count). The summed E-state index contributed by atoms with van der Waals surface area (Å²) in [5.41, 5.74) is 2.23. The maximum absolute atomic E-state index is 13.3. The predicted octanol–water partition coefficient (Wildman–Crippen LogP) is 3.41. The zero-order valence-electron chi connectivity index (χ0n) is 19.2. The molecule has 2 fully saturated rings. The molecule has 0 atom stereocenters. The van der Waals surface area contributed by atoms with Crippen LogP contribution in [-0.4, -0.2) is 41.5 Å². The second-order valence-electron chi connectivity index (χ2n) is 8.98. The van der Waals surface area contributed by atoms with Crippen molar-refractivity contribution in [3.05, 3.63) is 72.2 Å². The molecule has 0 aliphatic carbocycles. The molecule has 3 aliphatic rings. The largest absolute Gasteiger partial charge is 0.439 e. The van der Waals surface area contributed by atoms with Gasteiger partial charge in [-0.3, -0.25) is 20.2 Å². The van der Waals surface area contributed by atoms with E-state index < -0.39 is 23.4 Å². The van der Waals surface area contributed by atoms with Crippen molar-refractivity contribution in [2.24, 2.45) is 0 Å². The predicted molar refractivity (Wildman–Crippen MR) is 129 cm³/mol. The van der Waals surface area contributed by atoms with Crippen molar-refractivity contribution in [2.45, 2.75) is 24.8 Å². The topological polar surface area (TPSA) is 104 Å². The number of ether oxygens (including phenoxy) is 1. The molecule has 3 aliphatic heterocycles. The third-order valence-electron chi connectivity index (χ3n) is 6.93. The Hall–Kier alpha value is -4.47. The smallest absolute Gasteiger partial charge is 0.328 e. The third-order valence-corrected chi connectivity index (χ3v) is 6.93. The van der Waals surface area contributed by atoms with E-state index in [9.17, 15) is 18.8 Å². The summed E-state index contributed by atoms with van der Waals surface area (Å²) < 4.78 is 19.3. The molecule has 2 saturated heterocycles. The summed E-state index contributed by atoms with van der Waals surface area (Å²) in [6.45, 7) is 1.27. The van der Waals surface area contributed by atoms with Crippen LogP contribution in [0.4, 0.5) is 26.2 Å². The second kappa shape index (κ2) is 8.33. The van der Waals surface area contributed by atoms with Gasteiger partial charge in [0.1, 0.15) is 11.6 Å². The summed E-state index contributed by atoms with van der Waals surface area (Å²) in [7, 11) is 0. The zero-order valence-corrected chi connectivity index (χ0v) is 19.2. The van der Waals surface area contributed by atoms with Gasteiger partial charge in [0, 0.05) is 30.5 Å². The average molecular weight is 487 g/mol. The molecule has 9 nitrogen and oxygen atoms in total. The highest BCUT2D eigenvalue weighted by atomic mass is 19.1. The number of benzene rings is 2. The molecule has 0 unspecified atom stereocenters. The quantitative estimate of drug-likeness (QED) is 0.544. The molecule has 0 bridgehead atoms. The van der Waals surface area contributed by atoms with Crippen LogP contribution < -0.4 is 25.2 Å². The monoisotopic (exact) mass is 487 g/mol. The van der Waals surface area contributed by atoms with E-state index in [1.54, 1.807) is 35.4 Å². The van der Waals surface area contributed by atoms with Gasteiger partial charge >= 0.3 is 6.03 Å². The van der Waals surface area contributed by atoms with Gasteiger partial charge in [0.15, 0.2) is 5.54 Å². The number of aromatic nitrogens is 1. The fourth-order valence-corrected chi connectivity index (χ4v) is 5.23. The molecule has 0 saturated carbocycles. The number of nitrogens with one attached hydrogen (secondary N) is 2. The van der Waals surface area contributed by atoms with Crippen LogP contribution in [-0.2, 0) is 16.0 Å². The van der Waals surface area contributed by atoms with Gasteiger partial charge in [-0.25, -0.2) is 14.2 Å². The van der Waals surface area contributed by atoms with E-state index in [2.05, 4.69) is 20.5 Å². The van der Waals surface area contributed by atoms with Gasteiger partial charge in [-0.15, -0.1) is 0 Å². The Morgan fingerprint density at radius 2 is 1.67 bits per heavy atom. The fraction of sp³-hybridized carbons (Fsp3) is 0.231. The first-order valence-corrected chi connectivity index (χ1v) is 11.7. The number of amides is 4. The van der Waals surface area contributed by atoms with Gasteiger partial charge in [0.2, 0.25) is 5.88 Å². The van der Waals surface area contributed by atoms with Crippen molar-refractivity contribution in [1.29, 1.82) is 0 Å². The minimum absolute atomic E-state index is 0.263. The Balaban J connectivity index is 1.19. The normalized spacial score (nSPS) is 18.3. The minimum atomic E-state index is -1.46. The first-order valence-electron chi connectivity index (χ1n) is 11.7. The SMILES string of the molecule is O=C1NC(=O)C2(CCCN2c2ccc(Oc3ccc4c(c3)CCN4c3ccc(F)cc3)nc2)C(=O)N1. The van der Waals surface area contributed by atoms with Crippen molar-refractivity contribution in [2.75, 3.05) is 22.9 Å². The van der Waals surface area contributed by atoms with E-state index in [-0.39, 0.29) is 5.82 Å². The van der Waals surface area contributed by atoms with Crippen LogP contribution in [0.3, 0.4) is 0 Å². The summed E-state index contributed by atoms with van der Waals surface area (Å²) in [4.78, 5) is 45.0. The zero-order chi connectivity index (χ0) is 24.9. The van der Waals surface area contributed by atoms with Gasteiger partial charge in [-0.1, -0.05) is 0 Å². The number of urea groups is 1. The molecule has 1 spiro atoms. The number of anilines is 3. The minimum Gasteiger partial charge on any atom is -0.439 e. The van der Waals surface area contributed by atoms with Gasteiger partial charge in [-0.05, 0) is 73.4 Å². The Morgan fingerprint density at radius 3 is 2.39 bits per heavy atom. The van der Waals surface area contributed by atoms with Crippen LogP contribution >= 0.6 is 0 Å². The average Bonchev–Trinajstić information content (AvgIpc) is 3.49. The highest BCUT2D eigenvalue weighted by Crippen LogP contribution is 2.39. The molecule has 4 heterocycles. The Bertz CT molecular complexity index is 1360. The standard InChI is InChI=1S/C26H22FN5O4/c27-17-2-4-18(5-3-17)31-13-10-16-14-20(7-8-21(16)31)36-22-9-6-19(15-28-22)32-12-1-11-26(32)23(33)29-25(35)30-24(26)34/h2-9,14-15H,1,10-13H2,(H2,29,30,33,34,35). The van der Waals surface area contributed by atoms with Crippen LogP contribution in [0, 0.1) is 5.82 Å². The van der Waals surface area contributed by atoms with Gasteiger partial charge < -0.3 is 14.5 Å². The number of barbiturate groups is 1. The highest BCUT2D eigenvalue weighted by molar-refractivity contribution is 6.24. The first kappa shape index (κ1) is 22.0. The Labute approximate surface area is 205 Å². The van der Waals surface area contributed by atoms with Crippen LogP contribution in [0.2, 0.25) is 0 Å². The van der Waals surface area contributed by atoms with Crippen LogP contribution in [0.5, 0.6) is 11.6 Å². The molecule has 3 aromatic rings. The number of carbonyl (C=O) groups excluding carboxylic acids is 3. The number of pyridine rings is 1. The van der Waals surface area contributed by atoms with Crippen molar-refractivity contribution in [1.82, 2.24) is 15.6 Å². The van der Waals surface area contributed by atoms with Gasteiger partial charge in [0.25, 0.3) is 11.8 Å². The Morgan fingerprint density at radius 1 is 0.917 bits per heavy atom. The molecule has 182 valence electrons.